The zero-order chi connectivity index (χ0) is 18.2. The van der Waals surface area contributed by atoms with Gasteiger partial charge in [0.2, 0.25) is 0 Å². The van der Waals surface area contributed by atoms with Crippen molar-refractivity contribution in [1.29, 1.82) is 0 Å². The summed E-state index contributed by atoms with van der Waals surface area (Å²) >= 11 is 1.52. The van der Waals surface area contributed by atoms with E-state index in [2.05, 4.69) is 37.5 Å². The number of rotatable bonds is 8. The molecule has 2 N–H and O–H groups in total. The molecule has 2 aromatic carbocycles. The number of aromatic nitrogens is 3. The molecule has 0 saturated heterocycles. The molecule has 1 amide bonds. The van der Waals surface area contributed by atoms with Crippen LogP contribution in [0.15, 0.2) is 66.1 Å². The molecule has 26 heavy (non-hydrogen) atoms. The Balaban J connectivity index is 1.54. The fourth-order valence-electron chi connectivity index (χ4n) is 2.52. The molecule has 7 heteroatoms. The predicted molar refractivity (Wildman–Crippen MR) is 104 cm³/mol. The Morgan fingerprint density at radius 2 is 1.92 bits per heavy atom. The highest BCUT2D eigenvalue weighted by Crippen LogP contribution is 2.21. The van der Waals surface area contributed by atoms with Gasteiger partial charge in [0.1, 0.15) is 6.33 Å². The number of benzene rings is 2. The number of nitrogens with one attached hydrogen (secondary N) is 2. The van der Waals surface area contributed by atoms with Gasteiger partial charge < -0.3 is 10.2 Å². The van der Waals surface area contributed by atoms with Crippen LogP contribution in [0.25, 0.3) is 0 Å². The van der Waals surface area contributed by atoms with Crippen LogP contribution in [0.4, 0.5) is 5.69 Å². The smallest absolute Gasteiger partial charge is 0.251 e. The number of nitrogens with zero attached hydrogens (tertiary/aromatic N) is 3. The highest BCUT2D eigenvalue weighted by molar-refractivity contribution is 7.98. The Morgan fingerprint density at radius 1 is 1.15 bits per heavy atom. The molecule has 0 atom stereocenters. The van der Waals surface area contributed by atoms with Crippen LogP contribution in [-0.4, -0.2) is 41.2 Å². The number of para-hydroxylation sites is 1. The zero-order valence-corrected chi connectivity index (χ0v) is 15.4. The van der Waals surface area contributed by atoms with E-state index in [9.17, 15) is 4.79 Å². The molecule has 134 valence electrons. The predicted octanol–water partition coefficient (Wildman–Crippen LogP) is 2.96. The normalized spacial score (nSPS) is 10.5. The summed E-state index contributed by atoms with van der Waals surface area (Å²) in [6.07, 6.45) is 1.48. The molecule has 0 aliphatic rings. The minimum absolute atomic E-state index is 0.0553. The lowest BCUT2D eigenvalue weighted by atomic mass is 10.1. The molecule has 0 spiro atoms. The summed E-state index contributed by atoms with van der Waals surface area (Å²) in [6.45, 7) is 1.32. The summed E-state index contributed by atoms with van der Waals surface area (Å²) < 4.78 is 0. The van der Waals surface area contributed by atoms with Crippen LogP contribution < -0.4 is 10.2 Å². The first-order valence-electron chi connectivity index (χ1n) is 8.34. The second-order valence-corrected chi connectivity index (χ2v) is 6.71. The first-order chi connectivity index (χ1) is 12.7. The van der Waals surface area contributed by atoms with Gasteiger partial charge in [0.15, 0.2) is 5.16 Å². The molecule has 6 nitrogen and oxygen atoms in total. The third kappa shape index (κ3) is 4.86. The van der Waals surface area contributed by atoms with Crippen molar-refractivity contribution in [3.8, 4) is 0 Å². The van der Waals surface area contributed by atoms with Crippen molar-refractivity contribution in [2.45, 2.75) is 10.9 Å². The van der Waals surface area contributed by atoms with Gasteiger partial charge in [0.05, 0.1) is 0 Å². The van der Waals surface area contributed by atoms with Gasteiger partial charge in [0.25, 0.3) is 5.91 Å². The Hall–Kier alpha value is -2.80. The van der Waals surface area contributed by atoms with Crippen LogP contribution in [-0.2, 0) is 5.75 Å². The molecule has 1 aromatic heterocycles. The van der Waals surface area contributed by atoms with E-state index >= 15 is 0 Å². The zero-order valence-electron chi connectivity index (χ0n) is 14.6. The van der Waals surface area contributed by atoms with Crippen LogP contribution in [0.3, 0.4) is 0 Å². The molecule has 3 rings (SSSR count). The van der Waals surface area contributed by atoms with Gasteiger partial charge in [-0.3, -0.25) is 9.89 Å². The van der Waals surface area contributed by atoms with Crippen molar-refractivity contribution in [2.24, 2.45) is 0 Å². The lowest BCUT2D eigenvalue weighted by Gasteiger charge is -2.19. The average molecular weight is 367 g/mol. The summed E-state index contributed by atoms with van der Waals surface area (Å²) in [5.41, 5.74) is 2.80. The number of anilines is 1. The monoisotopic (exact) mass is 367 g/mol. The van der Waals surface area contributed by atoms with Crippen molar-refractivity contribution >= 4 is 23.4 Å². The number of likely N-dealkylation sites (N-methyl/N-ethyl adjacent to an activating group) is 1. The molecular weight excluding hydrogens is 346 g/mol. The average Bonchev–Trinajstić information content (AvgIpc) is 3.20. The number of carbonyl (C=O) groups is 1. The van der Waals surface area contributed by atoms with Crippen LogP contribution in [0.5, 0.6) is 0 Å². The van der Waals surface area contributed by atoms with E-state index in [1.54, 1.807) is 0 Å². The number of carbonyl (C=O) groups excluding carboxylic acids is 1. The molecule has 1 heterocycles. The van der Waals surface area contributed by atoms with Gasteiger partial charge in [-0.2, -0.15) is 5.10 Å². The van der Waals surface area contributed by atoms with Gasteiger partial charge in [-0.15, -0.1) is 0 Å². The number of H-pyrrole nitrogens is 1. The second kappa shape index (κ2) is 9.05. The molecule has 3 aromatic rings. The van der Waals surface area contributed by atoms with Gasteiger partial charge in [-0.1, -0.05) is 48.2 Å². The minimum Gasteiger partial charge on any atom is -0.373 e. The second-order valence-electron chi connectivity index (χ2n) is 5.75. The number of hydrogen-bond acceptors (Lipinski definition) is 5. The Labute approximate surface area is 157 Å². The fourth-order valence-corrected chi connectivity index (χ4v) is 3.30. The largest absolute Gasteiger partial charge is 0.373 e. The van der Waals surface area contributed by atoms with E-state index in [-0.39, 0.29) is 5.91 Å². The first-order valence-corrected chi connectivity index (χ1v) is 9.33. The Kier molecular flexibility index (Phi) is 6.27. The maximum Gasteiger partial charge on any atom is 0.251 e. The summed E-state index contributed by atoms with van der Waals surface area (Å²) in [5.74, 6) is 0.600. The van der Waals surface area contributed by atoms with Crippen LogP contribution in [0.2, 0.25) is 0 Å². The molecular formula is C19H21N5OS. The number of aromatic amines is 1. The van der Waals surface area contributed by atoms with Crippen LogP contribution in [0, 0.1) is 0 Å². The highest BCUT2D eigenvalue weighted by atomic mass is 32.2. The number of amides is 1. The van der Waals surface area contributed by atoms with E-state index < -0.39 is 0 Å². The van der Waals surface area contributed by atoms with Crippen LogP contribution in [0.1, 0.15) is 15.9 Å². The maximum atomic E-state index is 12.6. The third-order valence-corrected chi connectivity index (χ3v) is 4.87. The first kappa shape index (κ1) is 18.0. The maximum absolute atomic E-state index is 12.6. The van der Waals surface area contributed by atoms with Crippen molar-refractivity contribution in [2.75, 3.05) is 25.0 Å². The van der Waals surface area contributed by atoms with Gasteiger partial charge in [0, 0.05) is 37.1 Å². The SMILES string of the molecule is CN(CCNC(=O)c1ccccc1CSc1ncn[nH]1)c1ccccc1. The third-order valence-electron chi connectivity index (χ3n) is 3.95. The van der Waals surface area contributed by atoms with Gasteiger partial charge in [-0.25, -0.2) is 4.98 Å². The Bertz CT molecular complexity index is 823. The molecule has 0 aliphatic heterocycles. The number of hydrogen-bond donors (Lipinski definition) is 2. The summed E-state index contributed by atoms with van der Waals surface area (Å²) in [5, 5.41) is 10.4. The lowest BCUT2D eigenvalue weighted by Crippen LogP contribution is -2.33. The summed E-state index contributed by atoms with van der Waals surface area (Å²) in [4.78, 5) is 18.8. The van der Waals surface area contributed by atoms with Crippen molar-refractivity contribution in [3.63, 3.8) is 0 Å². The van der Waals surface area contributed by atoms with Gasteiger partial charge >= 0.3 is 0 Å². The molecule has 0 radical (unpaired) electrons. The molecule has 0 unspecified atom stereocenters. The van der Waals surface area contributed by atoms with E-state index in [0.717, 1.165) is 23.0 Å². The van der Waals surface area contributed by atoms with Crippen molar-refractivity contribution < 1.29 is 4.79 Å². The number of thioether (sulfide) groups is 1. The topological polar surface area (TPSA) is 73.9 Å². The quantitative estimate of drug-likeness (QED) is 0.599. The summed E-state index contributed by atoms with van der Waals surface area (Å²) in [7, 11) is 2.02. The molecule has 0 fully saturated rings. The standard InChI is InChI=1S/C19H21N5OS/c1-24(16-8-3-2-4-9-16)12-11-20-18(25)17-10-6-5-7-15(17)13-26-19-21-14-22-23-19/h2-10,14H,11-13H2,1H3,(H,20,25)(H,21,22,23). The fraction of sp³-hybridized carbons (Fsp3) is 0.211. The van der Waals surface area contributed by atoms with E-state index in [1.807, 2.05) is 49.5 Å². The highest BCUT2D eigenvalue weighted by Gasteiger charge is 2.11. The molecule has 0 saturated carbocycles. The minimum atomic E-state index is -0.0553. The van der Waals surface area contributed by atoms with E-state index in [0.29, 0.717) is 17.9 Å². The van der Waals surface area contributed by atoms with Crippen LogP contribution >= 0.6 is 11.8 Å². The lowest BCUT2D eigenvalue weighted by molar-refractivity contribution is 0.0954. The molecule has 0 bridgehead atoms. The van der Waals surface area contributed by atoms with Crippen molar-refractivity contribution in [3.05, 3.63) is 72.1 Å². The Morgan fingerprint density at radius 3 is 2.69 bits per heavy atom. The molecule has 0 aliphatic carbocycles. The van der Waals surface area contributed by atoms with E-state index in [1.165, 1.54) is 18.1 Å². The van der Waals surface area contributed by atoms with Gasteiger partial charge in [-0.05, 0) is 23.8 Å². The summed E-state index contributed by atoms with van der Waals surface area (Å²) in [6, 6.07) is 17.8. The van der Waals surface area contributed by atoms with Crippen molar-refractivity contribution in [1.82, 2.24) is 20.5 Å². The van der Waals surface area contributed by atoms with E-state index in [4.69, 9.17) is 0 Å².